The first kappa shape index (κ1) is 12.7. The summed E-state index contributed by atoms with van der Waals surface area (Å²) in [6.07, 6.45) is 0. The van der Waals surface area contributed by atoms with E-state index in [2.05, 4.69) is 5.32 Å². The van der Waals surface area contributed by atoms with Crippen LogP contribution in [0.3, 0.4) is 0 Å². The summed E-state index contributed by atoms with van der Waals surface area (Å²) in [6.45, 7) is 3.91. The molecule has 0 bridgehead atoms. The van der Waals surface area contributed by atoms with Gasteiger partial charge in [0, 0.05) is 10.9 Å². The molecule has 0 radical (unpaired) electrons. The van der Waals surface area contributed by atoms with Crippen LogP contribution in [0, 0.1) is 0 Å². The number of carbonyl (C=O) groups is 1. The van der Waals surface area contributed by atoms with E-state index in [4.69, 9.17) is 23.2 Å². The topological polar surface area (TPSA) is 29.1 Å². The Morgan fingerprint density at radius 1 is 1.33 bits per heavy atom. The second-order valence-electron chi connectivity index (χ2n) is 3.21. The summed E-state index contributed by atoms with van der Waals surface area (Å²) in [7, 11) is 0. The van der Waals surface area contributed by atoms with Crippen molar-refractivity contribution >= 4 is 45.9 Å². The molecule has 82 valence electrons. The van der Waals surface area contributed by atoms with Crippen molar-refractivity contribution in [3.8, 4) is 0 Å². The van der Waals surface area contributed by atoms with E-state index in [1.54, 1.807) is 18.2 Å². The standard InChI is InChI=1S/C10H11Cl2NOS/c1-6(2)15-10(14)13-7-3-4-8(11)9(12)5-7/h3-6H,1-2H3,(H,13,14). The van der Waals surface area contributed by atoms with Crippen LogP contribution in [0.1, 0.15) is 13.8 Å². The van der Waals surface area contributed by atoms with E-state index in [1.165, 1.54) is 11.8 Å². The number of halogens is 2. The number of benzene rings is 1. The van der Waals surface area contributed by atoms with Gasteiger partial charge in [-0.15, -0.1) is 0 Å². The van der Waals surface area contributed by atoms with E-state index in [0.29, 0.717) is 15.7 Å². The number of nitrogens with one attached hydrogen (secondary N) is 1. The van der Waals surface area contributed by atoms with Crippen LogP contribution in [0.2, 0.25) is 10.0 Å². The molecule has 0 aliphatic carbocycles. The molecule has 0 unspecified atom stereocenters. The van der Waals surface area contributed by atoms with Gasteiger partial charge in [0.25, 0.3) is 5.24 Å². The summed E-state index contributed by atoms with van der Waals surface area (Å²) in [4.78, 5) is 11.4. The Labute approximate surface area is 103 Å². The summed E-state index contributed by atoms with van der Waals surface area (Å²) in [5, 5.41) is 3.80. The minimum atomic E-state index is -0.0941. The summed E-state index contributed by atoms with van der Waals surface area (Å²) >= 11 is 12.8. The van der Waals surface area contributed by atoms with Crippen molar-refractivity contribution in [3.63, 3.8) is 0 Å². The van der Waals surface area contributed by atoms with Crippen LogP contribution in [0.4, 0.5) is 10.5 Å². The predicted molar refractivity (Wildman–Crippen MR) is 68.2 cm³/mol. The lowest BCUT2D eigenvalue weighted by Gasteiger charge is -2.07. The van der Waals surface area contributed by atoms with Crippen molar-refractivity contribution in [3.05, 3.63) is 28.2 Å². The van der Waals surface area contributed by atoms with Gasteiger partial charge >= 0.3 is 0 Å². The monoisotopic (exact) mass is 263 g/mol. The average Bonchev–Trinajstić information content (AvgIpc) is 2.10. The van der Waals surface area contributed by atoms with Gasteiger partial charge in [-0.05, 0) is 18.2 Å². The highest BCUT2D eigenvalue weighted by Crippen LogP contribution is 2.25. The smallest absolute Gasteiger partial charge is 0.283 e. The Morgan fingerprint density at radius 3 is 2.53 bits per heavy atom. The van der Waals surface area contributed by atoms with Gasteiger partial charge in [0.15, 0.2) is 0 Å². The second-order valence-corrected chi connectivity index (χ2v) is 5.57. The zero-order valence-corrected chi connectivity index (χ0v) is 10.7. The average molecular weight is 264 g/mol. The van der Waals surface area contributed by atoms with Crippen molar-refractivity contribution < 1.29 is 4.79 Å². The molecule has 1 aromatic carbocycles. The molecule has 1 amide bonds. The van der Waals surface area contributed by atoms with Crippen LogP contribution in [0.15, 0.2) is 18.2 Å². The van der Waals surface area contributed by atoms with Crippen LogP contribution in [0.5, 0.6) is 0 Å². The molecule has 0 heterocycles. The molecule has 5 heteroatoms. The fourth-order valence-electron chi connectivity index (χ4n) is 0.935. The Hall–Kier alpha value is -0.380. The van der Waals surface area contributed by atoms with E-state index in [9.17, 15) is 4.79 Å². The molecule has 1 aromatic rings. The Balaban J connectivity index is 2.65. The van der Waals surface area contributed by atoms with E-state index in [-0.39, 0.29) is 10.5 Å². The second kappa shape index (κ2) is 5.64. The lowest BCUT2D eigenvalue weighted by Crippen LogP contribution is -2.07. The third-order valence-corrected chi connectivity index (χ3v) is 3.04. The highest BCUT2D eigenvalue weighted by atomic mass is 35.5. The van der Waals surface area contributed by atoms with Gasteiger partial charge < -0.3 is 5.32 Å². The third-order valence-electron chi connectivity index (χ3n) is 1.51. The number of carbonyl (C=O) groups excluding carboxylic acids is 1. The minimum Gasteiger partial charge on any atom is -0.317 e. The molecule has 0 saturated heterocycles. The molecule has 15 heavy (non-hydrogen) atoms. The minimum absolute atomic E-state index is 0.0941. The van der Waals surface area contributed by atoms with Crippen LogP contribution < -0.4 is 5.32 Å². The van der Waals surface area contributed by atoms with Crippen LogP contribution in [-0.4, -0.2) is 10.5 Å². The summed E-state index contributed by atoms with van der Waals surface area (Å²) < 4.78 is 0. The summed E-state index contributed by atoms with van der Waals surface area (Å²) in [5.41, 5.74) is 0.655. The van der Waals surface area contributed by atoms with Crippen molar-refractivity contribution in [2.75, 3.05) is 5.32 Å². The van der Waals surface area contributed by atoms with Gasteiger partial charge in [0.1, 0.15) is 0 Å². The van der Waals surface area contributed by atoms with Crippen molar-refractivity contribution in [1.82, 2.24) is 0 Å². The van der Waals surface area contributed by atoms with Crippen molar-refractivity contribution in [2.24, 2.45) is 0 Å². The fraction of sp³-hybridized carbons (Fsp3) is 0.300. The number of amides is 1. The molecule has 0 saturated carbocycles. The lowest BCUT2D eigenvalue weighted by atomic mass is 10.3. The first-order chi connectivity index (χ1) is 6.99. The highest BCUT2D eigenvalue weighted by Gasteiger charge is 2.06. The van der Waals surface area contributed by atoms with E-state index in [1.807, 2.05) is 13.8 Å². The molecule has 0 spiro atoms. The van der Waals surface area contributed by atoms with Gasteiger partial charge in [0.05, 0.1) is 10.0 Å². The molecule has 1 N–H and O–H groups in total. The predicted octanol–water partition coefficient (Wildman–Crippen LogP) is 4.67. The van der Waals surface area contributed by atoms with Crippen molar-refractivity contribution in [2.45, 2.75) is 19.1 Å². The number of rotatable bonds is 2. The van der Waals surface area contributed by atoms with Crippen LogP contribution >= 0.6 is 35.0 Å². The third kappa shape index (κ3) is 4.33. The molecular weight excluding hydrogens is 253 g/mol. The zero-order chi connectivity index (χ0) is 11.4. The number of hydrogen-bond donors (Lipinski definition) is 1. The first-order valence-corrected chi connectivity index (χ1v) is 6.05. The Kier molecular flexibility index (Phi) is 4.77. The quantitative estimate of drug-likeness (QED) is 0.841. The SMILES string of the molecule is CC(C)SC(=O)Nc1ccc(Cl)c(Cl)c1. The molecule has 0 fully saturated rings. The molecule has 0 atom stereocenters. The first-order valence-electron chi connectivity index (χ1n) is 4.41. The fourth-order valence-corrected chi connectivity index (χ4v) is 1.84. The Morgan fingerprint density at radius 2 is 2.00 bits per heavy atom. The van der Waals surface area contributed by atoms with E-state index in [0.717, 1.165) is 0 Å². The van der Waals surface area contributed by atoms with E-state index < -0.39 is 0 Å². The summed E-state index contributed by atoms with van der Waals surface area (Å²) in [6, 6.07) is 5.00. The van der Waals surface area contributed by atoms with Crippen LogP contribution in [0.25, 0.3) is 0 Å². The molecular formula is C10H11Cl2NOS. The maximum Gasteiger partial charge on any atom is 0.283 e. The number of anilines is 1. The Bertz CT molecular complexity index is 368. The highest BCUT2D eigenvalue weighted by molar-refractivity contribution is 8.14. The van der Waals surface area contributed by atoms with E-state index >= 15 is 0 Å². The molecule has 1 rings (SSSR count). The van der Waals surface area contributed by atoms with Gasteiger partial charge in [-0.25, -0.2) is 0 Å². The molecule has 0 aliphatic rings. The lowest BCUT2D eigenvalue weighted by molar-refractivity contribution is 0.269. The van der Waals surface area contributed by atoms with Crippen LogP contribution in [-0.2, 0) is 0 Å². The molecule has 0 aromatic heterocycles. The largest absolute Gasteiger partial charge is 0.317 e. The number of thioether (sulfide) groups is 1. The van der Waals surface area contributed by atoms with Gasteiger partial charge in [0.2, 0.25) is 0 Å². The van der Waals surface area contributed by atoms with Gasteiger partial charge in [-0.1, -0.05) is 48.8 Å². The maximum absolute atomic E-state index is 11.4. The normalized spacial score (nSPS) is 10.5. The molecule has 0 aliphatic heterocycles. The number of hydrogen-bond acceptors (Lipinski definition) is 2. The van der Waals surface area contributed by atoms with Crippen molar-refractivity contribution in [1.29, 1.82) is 0 Å². The summed E-state index contributed by atoms with van der Waals surface area (Å²) in [5.74, 6) is 0. The maximum atomic E-state index is 11.4. The van der Waals surface area contributed by atoms with Gasteiger partial charge in [-0.2, -0.15) is 0 Å². The molecule has 2 nitrogen and oxygen atoms in total. The van der Waals surface area contributed by atoms with Gasteiger partial charge in [-0.3, -0.25) is 4.79 Å². The zero-order valence-electron chi connectivity index (χ0n) is 8.38.